The second kappa shape index (κ2) is 5.90. The Morgan fingerprint density at radius 1 is 1.47 bits per heavy atom. The summed E-state index contributed by atoms with van der Waals surface area (Å²) in [6, 6.07) is 6.74. The third-order valence-corrected chi connectivity index (χ3v) is 3.92. The molecule has 1 aromatic rings. The smallest absolute Gasteiger partial charge is 0.241 e. The molecule has 0 unspecified atom stereocenters. The molecule has 0 spiro atoms. The van der Waals surface area contributed by atoms with E-state index in [1.54, 1.807) is 19.9 Å². The second-order valence-corrected chi connectivity index (χ2v) is 7.18. The van der Waals surface area contributed by atoms with Crippen LogP contribution in [0.5, 0.6) is 5.75 Å². The summed E-state index contributed by atoms with van der Waals surface area (Å²) in [7, 11) is -3.85. The van der Waals surface area contributed by atoms with Crippen molar-refractivity contribution in [2.75, 3.05) is 6.61 Å². The molecule has 0 heterocycles. The molecule has 0 aromatic heterocycles. The number of halogens is 1. The summed E-state index contributed by atoms with van der Waals surface area (Å²) in [5.41, 5.74) is -0.517. The van der Waals surface area contributed by atoms with Crippen molar-refractivity contribution in [2.45, 2.75) is 25.2 Å². The van der Waals surface area contributed by atoms with E-state index in [2.05, 4.69) is 22.0 Å². The number of nitriles is 1. The summed E-state index contributed by atoms with van der Waals surface area (Å²) in [6.07, 6.45) is 0.490. The highest BCUT2D eigenvalue weighted by atomic mass is 79.9. The van der Waals surface area contributed by atoms with Crippen LogP contribution in [0.25, 0.3) is 0 Å². The highest BCUT2D eigenvalue weighted by Gasteiger charge is 2.19. The van der Waals surface area contributed by atoms with Gasteiger partial charge in [0.25, 0.3) is 0 Å². The largest absolute Gasteiger partial charge is 0.492 e. The molecule has 0 amide bonds. The quantitative estimate of drug-likeness (QED) is 0.885. The van der Waals surface area contributed by atoms with Gasteiger partial charge in [0.2, 0.25) is 10.0 Å². The van der Waals surface area contributed by atoms with Crippen LogP contribution >= 0.6 is 15.9 Å². The van der Waals surface area contributed by atoms with Gasteiger partial charge in [0.05, 0.1) is 18.1 Å². The zero-order valence-electron chi connectivity index (χ0n) is 10.7. The lowest BCUT2D eigenvalue weighted by atomic mass is 9.92. The standard InChI is InChI=1S/C12H15BrN2O3S/c1-12(2,8-14)5-6-18-10-4-3-9(13)7-11(10)19(15,16)17/h3-4,7H,5-6H2,1-2H3,(H2,15,16,17). The molecule has 104 valence electrons. The molecule has 19 heavy (non-hydrogen) atoms. The van der Waals surface area contributed by atoms with Crippen molar-refractivity contribution in [3.05, 3.63) is 22.7 Å². The Morgan fingerprint density at radius 2 is 2.11 bits per heavy atom. The van der Waals surface area contributed by atoms with E-state index in [1.165, 1.54) is 12.1 Å². The van der Waals surface area contributed by atoms with Crippen molar-refractivity contribution < 1.29 is 13.2 Å². The van der Waals surface area contributed by atoms with Gasteiger partial charge in [-0.05, 0) is 38.5 Å². The van der Waals surface area contributed by atoms with Gasteiger partial charge in [-0.25, -0.2) is 13.6 Å². The molecule has 0 aliphatic carbocycles. The average Bonchev–Trinajstić information content (AvgIpc) is 2.29. The summed E-state index contributed by atoms with van der Waals surface area (Å²) in [5, 5.41) is 14.0. The lowest BCUT2D eigenvalue weighted by Gasteiger charge is -2.16. The maximum absolute atomic E-state index is 11.4. The van der Waals surface area contributed by atoms with Gasteiger partial charge in [-0.15, -0.1) is 0 Å². The van der Waals surface area contributed by atoms with Gasteiger partial charge in [-0.1, -0.05) is 15.9 Å². The zero-order valence-corrected chi connectivity index (χ0v) is 13.1. The van der Waals surface area contributed by atoms with Crippen LogP contribution < -0.4 is 9.88 Å². The van der Waals surface area contributed by atoms with Crippen molar-refractivity contribution in [1.82, 2.24) is 0 Å². The number of ether oxygens (including phenoxy) is 1. The molecule has 0 saturated heterocycles. The van der Waals surface area contributed by atoms with Crippen molar-refractivity contribution >= 4 is 26.0 Å². The Morgan fingerprint density at radius 3 is 2.63 bits per heavy atom. The summed E-state index contributed by atoms with van der Waals surface area (Å²) in [6.45, 7) is 3.82. The lowest BCUT2D eigenvalue weighted by molar-refractivity contribution is 0.259. The Balaban J connectivity index is 2.89. The van der Waals surface area contributed by atoms with Gasteiger partial charge in [0.1, 0.15) is 10.6 Å². The van der Waals surface area contributed by atoms with E-state index < -0.39 is 15.4 Å². The van der Waals surface area contributed by atoms with E-state index in [9.17, 15) is 8.42 Å². The minimum Gasteiger partial charge on any atom is -0.492 e. The van der Waals surface area contributed by atoms with Crippen LogP contribution in [-0.2, 0) is 10.0 Å². The van der Waals surface area contributed by atoms with Crippen LogP contribution in [0.4, 0.5) is 0 Å². The van der Waals surface area contributed by atoms with E-state index in [-0.39, 0.29) is 17.3 Å². The fourth-order valence-electron chi connectivity index (χ4n) is 1.30. The van der Waals surface area contributed by atoms with Gasteiger partial charge in [-0.3, -0.25) is 0 Å². The maximum Gasteiger partial charge on any atom is 0.241 e. The molecule has 2 N–H and O–H groups in total. The van der Waals surface area contributed by atoms with Gasteiger partial charge in [0, 0.05) is 4.47 Å². The van der Waals surface area contributed by atoms with Crippen molar-refractivity contribution in [3.63, 3.8) is 0 Å². The Hall–Kier alpha value is -1.10. The van der Waals surface area contributed by atoms with Gasteiger partial charge in [0.15, 0.2) is 0 Å². The molecule has 1 rings (SSSR count). The molecular formula is C12H15BrN2O3S. The van der Waals surface area contributed by atoms with Gasteiger partial charge >= 0.3 is 0 Å². The number of benzene rings is 1. The minimum atomic E-state index is -3.85. The zero-order chi connectivity index (χ0) is 14.7. The molecule has 1 aromatic carbocycles. The number of sulfonamides is 1. The first-order chi connectivity index (χ1) is 8.65. The summed E-state index contributed by atoms with van der Waals surface area (Å²) in [4.78, 5) is -0.0726. The molecular weight excluding hydrogens is 332 g/mol. The van der Waals surface area contributed by atoms with E-state index in [0.717, 1.165) is 0 Å². The first-order valence-electron chi connectivity index (χ1n) is 5.52. The van der Waals surface area contributed by atoms with Crippen LogP contribution in [0.3, 0.4) is 0 Å². The topological polar surface area (TPSA) is 93.2 Å². The van der Waals surface area contributed by atoms with E-state index in [0.29, 0.717) is 10.9 Å². The molecule has 0 aliphatic heterocycles. The van der Waals surface area contributed by atoms with Crippen LogP contribution in [-0.4, -0.2) is 15.0 Å². The SMILES string of the molecule is CC(C)(C#N)CCOc1ccc(Br)cc1S(N)(=O)=O. The number of hydrogen-bond donors (Lipinski definition) is 1. The van der Waals surface area contributed by atoms with Crippen LogP contribution in [0.15, 0.2) is 27.6 Å². The number of primary sulfonamides is 1. The summed E-state index contributed by atoms with van der Waals surface area (Å²) in [5.74, 6) is 0.194. The molecule has 0 bridgehead atoms. The van der Waals surface area contributed by atoms with Crippen LogP contribution in [0.1, 0.15) is 20.3 Å². The van der Waals surface area contributed by atoms with Gasteiger partial charge in [-0.2, -0.15) is 5.26 Å². The van der Waals surface area contributed by atoms with E-state index in [4.69, 9.17) is 15.1 Å². The average molecular weight is 347 g/mol. The second-order valence-electron chi connectivity index (χ2n) is 4.73. The fourth-order valence-corrected chi connectivity index (χ4v) is 2.51. The molecule has 7 heteroatoms. The van der Waals surface area contributed by atoms with Crippen molar-refractivity contribution in [1.29, 1.82) is 5.26 Å². The number of hydrogen-bond acceptors (Lipinski definition) is 4. The van der Waals surface area contributed by atoms with Gasteiger partial charge < -0.3 is 4.74 Å². The highest BCUT2D eigenvalue weighted by Crippen LogP contribution is 2.27. The Labute approximate surface area is 121 Å². The monoisotopic (exact) mass is 346 g/mol. The number of nitrogens with two attached hydrogens (primary N) is 1. The highest BCUT2D eigenvalue weighted by molar-refractivity contribution is 9.10. The molecule has 5 nitrogen and oxygen atoms in total. The third kappa shape index (κ3) is 4.82. The van der Waals surface area contributed by atoms with Crippen LogP contribution in [0.2, 0.25) is 0 Å². The van der Waals surface area contributed by atoms with E-state index >= 15 is 0 Å². The molecule has 0 aliphatic rings. The van der Waals surface area contributed by atoms with E-state index in [1.807, 2.05) is 0 Å². The lowest BCUT2D eigenvalue weighted by Crippen LogP contribution is -2.16. The molecule has 0 saturated carbocycles. The number of nitrogens with zero attached hydrogens (tertiary/aromatic N) is 1. The Kier molecular flexibility index (Phi) is 4.96. The minimum absolute atomic E-state index is 0.0726. The van der Waals surface area contributed by atoms with Crippen LogP contribution in [0, 0.1) is 16.7 Å². The van der Waals surface area contributed by atoms with Crippen molar-refractivity contribution in [2.24, 2.45) is 10.6 Å². The predicted octanol–water partition coefficient (Wildman–Crippen LogP) is 2.42. The normalized spacial score (nSPS) is 11.9. The Bertz CT molecular complexity index is 606. The first-order valence-corrected chi connectivity index (χ1v) is 7.86. The molecule has 0 atom stereocenters. The summed E-state index contributed by atoms with van der Waals surface area (Å²) < 4.78 is 28.9. The number of rotatable bonds is 5. The molecule has 0 radical (unpaired) electrons. The fraction of sp³-hybridized carbons (Fsp3) is 0.417. The summed E-state index contributed by atoms with van der Waals surface area (Å²) >= 11 is 3.18. The first kappa shape index (κ1) is 16.0. The maximum atomic E-state index is 11.4. The predicted molar refractivity (Wildman–Crippen MR) is 75.0 cm³/mol. The molecule has 0 fully saturated rings. The third-order valence-electron chi connectivity index (χ3n) is 2.50. The van der Waals surface area contributed by atoms with Crippen molar-refractivity contribution in [3.8, 4) is 11.8 Å².